The van der Waals surface area contributed by atoms with Crippen molar-refractivity contribution in [2.75, 3.05) is 0 Å². The Labute approximate surface area is 276 Å². The molecule has 6 nitrogen and oxygen atoms in total. The Morgan fingerprint density at radius 3 is 1.02 bits per heavy atom. The van der Waals surface area contributed by atoms with Crippen LogP contribution in [0.25, 0.3) is 22.3 Å². The van der Waals surface area contributed by atoms with Gasteiger partial charge in [-0.25, -0.2) is 0 Å². The van der Waals surface area contributed by atoms with Gasteiger partial charge in [-0.3, -0.25) is 9.97 Å². The van der Waals surface area contributed by atoms with Gasteiger partial charge in [-0.05, 0) is 83.9 Å². The van der Waals surface area contributed by atoms with Crippen LogP contribution in [0.2, 0.25) is 0 Å². The number of nitrogens with zero attached hydrogens (tertiary/aromatic N) is 2. The number of hydrogen-bond acceptors (Lipinski definition) is 2. The smallest absolute Gasteiger partial charge is 0.0743 e. The highest BCUT2D eigenvalue weighted by molar-refractivity contribution is 5.83. The Balaban J connectivity index is 1.44. The first-order valence-corrected chi connectivity index (χ1v) is 16.0. The van der Waals surface area contributed by atoms with E-state index in [1.165, 1.54) is 0 Å². The van der Waals surface area contributed by atoms with Gasteiger partial charge in [0.2, 0.25) is 0 Å². The van der Waals surface area contributed by atoms with Crippen molar-refractivity contribution in [3.05, 3.63) is 225 Å². The van der Waals surface area contributed by atoms with E-state index in [9.17, 15) is 0 Å². The van der Waals surface area contributed by atoms with Crippen molar-refractivity contribution in [1.29, 1.82) is 0 Å². The van der Waals surface area contributed by atoms with E-state index in [0.29, 0.717) is 0 Å². The van der Waals surface area contributed by atoms with E-state index in [0.717, 1.165) is 89.0 Å². The molecule has 6 aromatic heterocycles. The second kappa shape index (κ2) is 11.6. The van der Waals surface area contributed by atoms with Crippen LogP contribution in [0.3, 0.4) is 0 Å². The Hall–Kier alpha value is -6.66. The predicted octanol–water partition coefficient (Wildman–Crippen LogP) is 5.09. The van der Waals surface area contributed by atoms with Gasteiger partial charge in [0.05, 0.1) is 33.5 Å². The van der Waals surface area contributed by atoms with Gasteiger partial charge < -0.3 is 19.9 Å². The number of aromatic amines is 4. The lowest BCUT2D eigenvalue weighted by Crippen LogP contribution is -2.19. The van der Waals surface area contributed by atoms with E-state index >= 15 is 0 Å². The first kappa shape index (κ1) is 27.6. The number of rotatable bonds is 4. The van der Waals surface area contributed by atoms with Gasteiger partial charge in [0, 0.05) is 56.8 Å². The molecule has 0 unspecified atom stereocenters. The van der Waals surface area contributed by atoms with Gasteiger partial charge in [-0.15, -0.1) is 0 Å². The summed E-state index contributed by atoms with van der Waals surface area (Å²) >= 11 is 0. The normalized spacial score (nSPS) is 12.8. The van der Waals surface area contributed by atoms with Crippen LogP contribution in [0.1, 0.15) is 45.3 Å². The number of benzene rings is 2. The van der Waals surface area contributed by atoms with Crippen LogP contribution in [0, 0.1) is 0 Å². The van der Waals surface area contributed by atoms with Gasteiger partial charge in [-0.1, -0.05) is 72.8 Å². The quantitative estimate of drug-likeness (QED) is 0.222. The molecule has 0 fully saturated rings. The second-order valence-corrected chi connectivity index (χ2v) is 11.8. The standard InChI is InChI=1S/C42H30N6/c1-3-11-27(12-4-1)39-31-17-21-35(45-31)41(29-15-7-9-25-43-29)37-23-19-33(47-37)40(28-13-5-2-6-14-28)34-20-24-38(48-34)42(30-16-8-10-26-44-30)36-22-18-32(39)46-36/h1-26,45-48H. The molecule has 2 aromatic carbocycles. The summed E-state index contributed by atoms with van der Waals surface area (Å²) in [4.78, 5) is 24.8. The average molecular weight is 619 g/mol. The van der Waals surface area contributed by atoms with Crippen molar-refractivity contribution in [3.63, 3.8) is 0 Å². The Bertz CT molecular complexity index is 2280. The zero-order valence-corrected chi connectivity index (χ0v) is 25.9. The maximum absolute atomic E-state index is 4.80. The molecule has 1 aliphatic rings. The van der Waals surface area contributed by atoms with Crippen LogP contribution in [-0.4, -0.2) is 29.9 Å². The van der Waals surface area contributed by atoms with Crippen LogP contribution < -0.4 is 21.4 Å². The average Bonchev–Trinajstić information content (AvgIpc) is 3.98. The zero-order chi connectivity index (χ0) is 31.9. The lowest BCUT2D eigenvalue weighted by Gasteiger charge is -2.09. The van der Waals surface area contributed by atoms with Gasteiger partial charge in [0.15, 0.2) is 0 Å². The van der Waals surface area contributed by atoms with E-state index in [4.69, 9.17) is 9.97 Å². The van der Waals surface area contributed by atoms with Gasteiger partial charge >= 0.3 is 0 Å². The molecule has 0 spiro atoms. The summed E-state index contributed by atoms with van der Waals surface area (Å²) in [5.41, 5.74) is 12.0. The number of nitrogens with one attached hydrogen (secondary N) is 4. The van der Waals surface area contributed by atoms with Crippen molar-refractivity contribution in [1.82, 2.24) is 29.9 Å². The summed E-state index contributed by atoms with van der Waals surface area (Å²) in [6, 6.07) is 50.3. The van der Waals surface area contributed by atoms with Crippen LogP contribution in [-0.2, 0) is 0 Å². The van der Waals surface area contributed by atoms with Gasteiger partial charge in [-0.2, -0.15) is 0 Å². The van der Waals surface area contributed by atoms with Crippen molar-refractivity contribution in [2.45, 2.75) is 0 Å². The molecule has 0 radical (unpaired) electrons. The first-order chi connectivity index (χ1) is 23.8. The summed E-state index contributed by atoms with van der Waals surface area (Å²) in [6.07, 6.45) is 3.68. The molecule has 8 bridgehead atoms. The second-order valence-electron chi connectivity index (χ2n) is 11.8. The van der Waals surface area contributed by atoms with Crippen LogP contribution in [0.5, 0.6) is 0 Å². The zero-order valence-electron chi connectivity index (χ0n) is 25.9. The highest BCUT2D eigenvalue weighted by Crippen LogP contribution is 2.26. The third-order valence-electron chi connectivity index (χ3n) is 8.87. The van der Waals surface area contributed by atoms with E-state index < -0.39 is 0 Å². The van der Waals surface area contributed by atoms with E-state index in [1.807, 2.05) is 48.8 Å². The van der Waals surface area contributed by atoms with Crippen molar-refractivity contribution in [2.24, 2.45) is 0 Å². The Morgan fingerprint density at radius 2 is 0.646 bits per heavy atom. The number of H-pyrrole nitrogens is 4. The van der Waals surface area contributed by atoms with Crippen LogP contribution in [0.15, 0.2) is 158 Å². The number of pyridine rings is 2. The van der Waals surface area contributed by atoms with Crippen molar-refractivity contribution in [3.8, 4) is 0 Å². The molecule has 9 rings (SSSR count). The monoisotopic (exact) mass is 618 g/mol. The minimum atomic E-state index is 0.877. The van der Waals surface area contributed by atoms with Gasteiger partial charge in [0.25, 0.3) is 0 Å². The Morgan fingerprint density at radius 1 is 0.292 bits per heavy atom. The molecular formula is C42H30N6. The SMILES string of the molecule is c1ccc(C2=c3ccc([nH]3)=C(c3ccccn3)c3ccc([nH]3)C(c3ccccc3)=c3ccc([nH]3)=C(c3ccccn3)c3ccc2[nH]3)cc1. The summed E-state index contributed by atoms with van der Waals surface area (Å²) in [5.74, 6) is 0. The van der Waals surface area contributed by atoms with Crippen LogP contribution in [0.4, 0.5) is 0 Å². The maximum atomic E-state index is 4.80. The fraction of sp³-hybridized carbons (Fsp3) is 0. The minimum absolute atomic E-state index is 0.877. The van der Waals surface area contributed by atoms with Crippen molar-refractivity contribution < 1.29 is 0 Å². The fourth-order valence-corrected chi connectivity index (χ4v) is 6.73. The summed E-state index contributed by atoms with van der Waals surface area (Å²) in [5, 5.41) is 3.92. The third-order valence-corrected chi connectivity index (χ3v) is 8.87. The molecule has 0 atom stereocenters. The lowest BCUT2D eigenvalue weighted by molar-refractivity contribution is 1.16. The molecule has 48 heavy (non-hydrogen) atoms. The summed E-state index contributed by atoms with van der Waals surface area (Å²) in [6.45, 7) is 0. The van der Waals surface area contributed by atoms with E-state index in [1.54, 1.807) is 0 Å². The molecule has 4 N–H and O–H groups in total. The number of aromatic nitrogens is 6. The van der Waals surface area contributed by atoms with E-state index in [2.05, 4.69) is 129 Å². The Kier molecular flexibility index (Phi) is 6.68. The molecular weight excluding hydrogens is 589 g/mol. The lowest BCUT2D eigenvalue weighted by atomic mass is 10.0. The topological polar surface area (TPSA) is 88.9 Å². The van der Waals surface area contributed by atoms with Crippen LogP contribution >= 0.6 is 0 Å². The van der Waals surface area contributed by atoms with E-state index in [-0.39, 0.29) is 0 Å². The molecule has 228 valence electrons. The highest BCUT2D eigenvalue weighted by atomic mass is 14.8. The minimum Gasteiger partial charge on any atom is -0.354 e. The van der Waals surface area contributed by atoms with Crippen molar-refractivity contribution >= 4 is 22.3 Å². The molecule has 6 heteroatoms. The molecule has 0 aliphatic carbocycles. The molecule has 0 saturated heterocycles. The van der Waals surface area contributed by atoms with Gasteiger partial charge in [0.1, 0.15) is 0 Å². The molecule has 7 heterocycles. The summed E-state index contributed by atoms with van der Waals surface area (Å²) < 4.78 is 0. The maximum Gasteiger partial charge on any atom is 0.0743 e. The first-order valence-electron chi connectivity index (χ1n) is 16.0. The number of hydrogen-bond donors (Lipinski definition) is 4. The predicted molar refractivity (Wildman–Crippen MR) is 189 cm³/mol. The largest absolute Gasteiger partial charge is 0.354 e. The molecule has 1 aliphatic heterocycles. The molecule has 0 saturated carbocycles. The highest BCUT2D eigenvalue weighted by Gasteiger charge is 2.18. The summed E-state index contributed by atoms with van der Waals surface area (Å²) in [7, 11) is 0. The third kappa shape index (κ3) is 4.84. The number of fused-ring (bicyclic) bond motifs is 8. The molecule has 8 aromatic rings. The molecule has 0 amide bonds. The fourth-order valence-electron chi connectivity index (χ4n) is 6.73.